The maximum absolute atomic E-state index is 10.8. The second-order valence-corrected chi connectivity index (χ2v) is 3.67. The molecule has 76 valence electrons. The molecule has 0 saturated heterocycles. The number of hydrogen-bond donors (Lipinski definition) is 1. The van der Waals surface area contributed by atoms with Gasteiger partial charge in [0.15, 0.2) is 0 Å². The minimum absolute atomic E-state index is 0.114. The van der Waals surface area contributed by atoms with Crippen molar-refractivity contribution in [3.05, 3.63) is 12.7 Å². The van der Waals surface area contributed by atoms with Crippen LogP contribution in [0.15, 0.2) is 12.7 Å². The maximum Gasteiger partial charge on any atom is 0.244 e. The predicted molar refractivity (Wildman–Crippen MR) is 55.3 cm³/mol. The molecule has 0 spiro atoms. The highest BCUT2D eigenvalue weighted by Crippen LogP contribution is 1.99. The van der Waals surface area contributed by atoms with Crippen LogP contribution in [0.25, 0.3) is 0 Å². The number of rotatable bonds is 6. The predicted octanol–water partition coefficient (Wildman–Crippen LogP) is 1.22. The Kier molecular flexibility index (Phi) is 6.24. The molecule has 0 bridgehead atoms. The van der Waals surface area contributed by atoms with Crippen LogP contribution in [0.1, 0.15) is 20.3 Å². The lowest BCUT2D eigenvalue weighted by Gasteiger charge is -2.17. The maximum atomic E-state index is 10.8. The molecule has 0 aromatic carbocycles. The first-order valence-corrected chi connectivity index (χ1v) is 4.65. The van der Waals surface area contributed by atoms with Gasteiger partial charge < -0.3 is 5.32 Å². The van der Waals surface area contributed by atoms with Gasteiger partial charge in [-0.1, -0.05) is 20.4 Å². The van der Waals surface area contributed by atoms with Gasteiger partial charge in [-0.3, -0.25) is 9.69 Å². The van der Waals surface area contributed by atoms with Crippen LogP contribution >= 0.6 is 0 Å². The highest BCUT2D eigenvalue weighted by Gasteiger charge is 2.00. The third kappa shape index (κ3) is 7.53. The van der Waals surface area contributed by atoms with Crippen molar-refractivity contribution in [1.82, 2.24) is 10.2 Å². The molecule has 1 N–H and O–H groups in total. The summed E-state index contributed by atoms with van der Waals surface area (Å²) in [5, 5.41) is 2.72. The first-order chi connectivity index (χ1) is 6.06. The Balaban J connectivity index is 3.45. The summed E-state index contributed by atoms with van der Waals surface area (Å²) < 4.78 is 0. The fourth-order valence-electron chi connectivity index (χ4n) is 0.843. The lowest BCUT2D eigenvalue weighted by atomic mass is 10.1. The molecular formula is C10H20N2O. The fraction of sp³-hybridized carbons (Fsp3) is 0.700. The number of hydrogen-bond acceptors (Lipinski definition) is 2. The van der Waals surface area contributed by atoms with Crippen molar-refractivity contribution >= 4 is 5.91 Å². The van der Waals surface area contributed by atoms with Crippen LogP contribution in [0.3, 0.4) is 0 Å². The van der Waals surface area contributed by atoms with Crippen molar-refractivity contribution in [1.29, 1.82) is 0 Å². The summed E-state index contributed by atoms with van der Waals surface area (Å²) in [7, 11) is 1.99. The van der Waals surface area contributed by atoms with E-state index in [4.69, 9.17) is 0 Å². The van der Waals surface area contributed by atoms with Gasteiger partial charge >= 0.3 is 0 Å². The van der Waals surface area contributed by atoms with E-state index >= 15 is 0 Å². The Hall–Kier alpha value is -0.830. The molecule has 0 unspecified atom stereocenters. The molecule has 3 heteroatoms. The van der Waals surface area contributed by atoms with Gasteiger partial charge in [-0.2, -0.15) is 0 Å². The van der Waals surface area contributed by atoms with E-state index in [-0.39, 0.29) is 5.91 Å². The van der Waals surface area contributed by atoms with Crippen LogP contribution in [0, 0.1) is 5.92 Å². The Morgan fingerprint density at radius 2 is 2.23 bits per heavy atom. The summed E-state index contributed by atoms with van der Waals surface area (Å²) in [6.45, 7) is 9.37. The highest BCUT2D eigenvalue weighted by molar-refractivity contribution is 5.86. The monoisotopic (exact) mass is 184 g/mol. The van der Waals surface area contributed by atoms with Crippen LogP contribution in [0.5, 0.6) is 0 Å². The molecule has 3 nitrogen and oxygen atoms in total. The van der Waals surface area contributed by atoms with Crippen molar-refractivity contribution in [2.24, 2.45) is 5.92 Å². The Labute approximate surface area is 80.8 Å². The normalized spacial score (nSPS) is 10.5. The van der Waals surface area contributed by atoms with Gasteiger partial charge in [-0.15, -0.1) is 0 Å². The minimum atomic E-state index is -0.114. The summed E-state index contributed by atoms with van der Waals surface area (Å²) >= 11 is 0. The summed E-state index contributed by atoms with van der Waals surface area (Å²) in [6.07, 6.45) is 2.44. The number of nitrogens with zero attached hydrogens (tertiary/aromatic N) is 1. The molecule has 0 aromatic heterocycles. The summed E-state index contributed by atoms with van der Waals surface area (Å²) in [5.41, 5.74) is 0. The lowest BCUT2D eigenvalue weighted by molar-refractivity contribution is -0.117. The topological polar surface area (TPSA) is 32.3 Å². The van der Waals surface area contributed by atoms with Crippen LogP contribution in [0.2, 0.25) is 0 Å². The van der Waals surface area contributed by atoms with E-state index in [0.717, 1.165) is 13.0 Å². The van der Waals surface area contributed by atoms with E-state index < -0.39 is 0 Å². The number of carbonyl (C=O) groups excluding carboxylic acids is 1. The van der Waals surface area contributed by atoms with Gasteiger partial charge in [0.05, 0.1) is 6.67 Å². The average Bonchev–Trinajstić information content (AvgIpc) is 2.10. The molecule has 0 heterocycles. The Morgan fingerprint density at radius 3 is 2.69 bits per heavy atom. The SMILES string of the molecule is C=CC(=O)NCN(C)CCC(C)C. The zero-order chi connectivity index (χ0) is 10.3. The average molecular weight is 184 g/mol. The van der Waals surface area contributed by atoms with Crippen molar-refractivity contribution < 1.29 is 4.79 Å². The molecule has 0 radical (unpaired) electrons. The molecule has 0 aliphatic carbocycles. The van der Waals surface area contributed by atoms with Gasteiger partial charge in [-0.25, -0.2) is 0 Å². The van der Waals surface area contributed by atoms with Gasteiger partial charge in [-0.05, 0) is 32.0 Å². The zero-order valence-corrected chi connectivity index (χ0v) is 8.84. The van der Waals surface area contributed by atoms with E-state index in [1.165, 1.54) is 6.08 Å². The number of carbonyl (C=O) groups is 1. The zero-order valence-electron chi connectivity index (χ0n) is 8.84. The second-order valence-electron chi connectivity index (χ2n) is 3.67. The van der Waals surface area contributed by atoms with Crippen molar-refractivity contribution in [3.8, 4) is 0 Å². The van der Waals surface area contributed by atoms with Gasteiger partial charge in [0.2, 0.25) is 5.91 Å². The van der Waals surface area contributed by atoms with E-state index in [0.29, 0.717) is 12.6 Å². The molecule has 13 heavy (non-hydrogen) atoms. The fourth-order valence-corrected chi connectivity index (χ4v) is 0.843. The lowest BCUT2D eigenvalue weighted by Crippen LogP contribution is -2.35. The minimum Gasteiger partial charge on any atom is -0.340 e. The van der Waals surface area contributed by atoms with E-state index in [2.05, 4.69) is 30.6 Å². The molecule has 0 atom stereocenters. The second kappa shape index (κ2) is 6.66. The summed E-state index contributed by atoms with van der Waals surface area (Å²) in [6, 6.07) is 0. The molecule has 0 aliphatic heterocycles. The van der Waals surface area contributed by atoms with Crippen LogP contribution in [-0.2, 0) is 4.79 Å². The molecule has 0 aliphatic rings. The molecule has 1 amide bonds. The molecule has 0 saturated carbocycles. The smallest absolute Gasteiger partial charge is 0.244 e. The standard InChI is InChI=1S/C10H20N2O/c1-5-10(13)11-8-12(4)7-6-9(2)3/h5,9H,1,6-8H2,2-4H3,(H,11,13). The van der Waals surface area contributed by atoms with E-state index in [1.54, 1.807) is 0 Å². The quantitative estimate of drug-likeness (QED) is 0.497. The molecule has 0 fully saturated rings. The van der Waals surface area contributed by atoms with Gasteiger partial charge in [0, 0.05) is 0 Å². The van der Waals surface area contributed by atoms with Crippen LogP contribution in [-0.4, -0.2) is 31.1 Å². The van der Waals surface area contributed by atoms with Gasteiger partial charge in [0.25, 0.3) is 0 Å². The Bertz CT molecular complexity index is 166. The van der Waals surface area contributed by atoms with Crippen molar-refractivity contribution in [2.75, 3.05) is 20.3 Å². The van der Waals surface area contributed by atoms with Gasteiger partial charge in [0.1, 0.15) is 0 Å². The third-order valence-corrected chi connectivity index (χ3v) is 1.80. The molecule has 0 rings (SSSR count). The van der Waals surface area contributed by atoms with Crippen molar-refractivity contribution in [2.45, 2.75) is 20.3 Å². The van der Waals surface area contributed by atoms with Crippen LogP contribution < -0.4 is 5.32 Å². The molecule has 0 aromatic rings. The summed E-state index contributed by atoms with van der Waals surface area (Å²) in [5.74, 6) is 0.592. The summed E-state index contributed by atoms with van der Waals surface area (Å²) in [4.78, 5) is 12.9. The van der Waals surface area contributed by atoms with Crippen molar-refractivity contribution in [3.63, 3.8) is 0 Å². The van der Waals surface area contributed by atoms with Crippen LogP contribution in [0.4, 0.5) is 0 Å². The first-order valence-electron chi connectivity index (χ1n) is 4.65. The third-order valence-electron chi connectivity index (χ3n) is 1.80. The Morgan fingerprint density at radius 1 is 1.62 bits per heavy atom. The number of amides is 1. The largest absolute Gasteiger partial charge is 0.340 e. The first kappa shape index (κ1) is 12.2. The molecular weight excluding hydrogens is 164 g/mol. The highest BCUT2D eigenvalue weighted by atomic mass is 16.1. The number of nitrogens with one attached hydrogen (secondary N) is 1. The van der Waals surface area contributed by atoms with E-state index in [9.17, 15) is 4.79 Å². The van der Waals surface area contributed by atoms with E-state index in [1.807, 2.05) is 7.05 Å².